The molecule has 0 aliphatic rings. The number of alkyl halides is 1. The Labute approximate surface area is 94.6 Å². The summed E-state index contributed by atoms with van der Waals surface area (Å²) in [5.74, 6) is 0.190. The van der Waals surface area contributed by atoms with Crippen molar-refractivity contribution in [3.8, 4) is 5.69 Å². The van der Waals surface area contributed by atoms with Gasteiger partial charge in [0.25, 0.3) is 0 Å². The van der Waals surface area contributed by atoms with Gasteiger partial charge < -0.3 is 0 Å². The molecular weight excluding hydrogens is 242 g/mol. The molecule has 0 saturated carbocycles. The minimum atomic E-state index is -0.413. The maximum absolute atomic E-state index is 12.8. The maximum Gasteiger partial charge on any atom is 0.171 e. The van der Waals surface area contributed by atoms with E-state index in [-0.39, 0.29) is 10.9 Å². The first-order valence-electron chi connectivity index (χ1n) is 4.01. The molecule has 78 valence electrons. The molecule has 15 heavy (non-hydrogen) atoms. The summed E-state index contributed by atoms with van der Waals surface area (Å²) < 4.78 is 14.2. The van der Waals surface area contributed by atoms with Gasteiger partial charge in [-0.25, -0.2) is 4.39 Å². The Morgan fingerprint density at radius 3 is 2.87 bits per heavy atom. The molecule has 0 spiro atoms. The predicted octanol–water partition coefficient (Wildman–Crippen LogP) is 2.19. The SMILES string of the molecule is Fc1ccc(-n2nnnc2CCl)c(Cl)c1. The van der Waals surface area contributed by atoms with Crippen molar-refractivity contribution in [1.29, 1.82) is 0 Å². The highest BCUT2D eigenvalue weighted by Gasteiger charge is 2.10. The van der Waals surface area contributed by atoms with Crippen molar-refractivity contribution in [2.24, 2.45) is 0 Å². The molecule has 0 saturated heterocycles. The minimum absolute atomic E-state index is 0.153. The van der Waals surface area contributed by atoms with Crippen LogP contribution < -0.4 is 0 Å². The van der Waals surface area contributed by atoms with Crippen LogP contribution in [0, 0.1) is 5.82 Å². The van der Waals surface area contributed by atoms with Crippen LogP contribution in [0.4, 0.5) is 4.39 Å². The van der Waals surface area contributed by atoms with Crippen molar-refractivity contribution in [1.82, 2.24) is 20.2 Å². The fourth-order valence-corrected chi connectivity index (χ4v) is 1.54. The standard InChI is InChI=1S/C8H5Cl2FN4/c9-4-8-12-13-14-15(8)7-2-1-5(11)3-6(7)10/h1-3H,4H2. The first kappa shape index (κ1) is 10.3. The van der Waals surface area contributed by atoms with Crippen molar-refractivity contribution in [3.63, 3.8) is 0 Å². The van der Waals surface area contributed by atoms with Crippen LogP contribution in [0.1, 0.15) is 5.82 Å². The lowest BCUT2D eigenvalue weighted by Gasteiger charge is -2.04. The van der Waals surface area contributed by atoms with E-state index in [0.29, 0.717) is 11.5 Å². The second kappa shape index (κ2) is 4.12. The molecule has 1 aromatic heterocycles. The van der Waals surface area contributed by atoms with Gasteiger partial charge in [0.1, 0.15) is 5.82 Å². The highest BCUT2D eigenvalue weighted by molar-refractivity contribution is 6.32. The van der Waals surface area contributed by atoms with Crippen LogP contribution >= 0.6 is 23.2 Å². The number of rotatable bonds is 2. The lowest BCUT2D eigenvalue weighted by atomic mass is 10.3. The zero-order valence-corrected chi connectivity index (χ0v) is 8.87. The summed E-state index contributed by atoms with van der Waals surface area (Å²) in [6, 6.07) is 3.96. The Morgan fingerprint density at radius 1 is 1.40 bits per heavy atom. The Hall–Kier alpha value is -1.20. The van der Waals surface area contributed by atoms with E-state index in [1.807, 2.05) is 0 Å². The topological polar surface area (TPSA) is 43.6 Å². The molecule has 0 N–H and O–H groups in total. The molecule has 1 aromatic carbocycles. The van der Waals surface area contributed by atoms with E-state index >= 15 is 0 Å². The fourth-order valence-electron chi connectivity index (χ4n) is 1.13. The van der Waals surface area contributed by atoms with Crippen molar-refractivity contribution in [2.45, 2.75) is 5.88 Å². The van der Waals surface area contributed by atoms with Crippen LogP contribution in [0.25, 0.3) is 5.69 Å². The van der Waals surface area contributed by atoms with Gasteiger partial charge in [-0.3, -0.25) is 0 Å². The van der Waals surface area contributed by atoms with Gasteiger partial charge in [-0.15, -0.1) is 16.7 Å². The Morgan fingerprint density at radius 2 is 2.20 bits per heavy atom. The molecule has 0 aliphatic carbocycles. The second-order valence-electron chi connectivity index (χ2n) is 2.74. The smallest absolute Gasteiger partial charge is 0.171 e. The Bertz CT molecular complexity index is 485. The zero-order chi connectivity index (χ0) is 10.8. The molecule has 1 heterocycles. The lowest BCUT2D eigenvalue weighted by Crippen LogP contribution is -2.02. The highest BCUT2D eigenvalue weighted by Crippen LogP contribution is 2.21. The zero-order valence-electron chi connectivity index (χ0n) is 7.36. The first-order chi connectivity index (χ1) is 7.22. The van der Waals surface area contributed by atoms with Crippen LogP contribution in [0.15, 0.2) is 18.2 Å². The van der Waals surface area contributed by atoms with E-state index in [4.69, 9.17) is 23.2 Å². The van der Waals surface area contributed by atoms with Gasteiger partial charge in [0.2, 0.25) is 0 Å². The Balaban J connectivity index is 2.54. The van der Waals surface area contributed by atoms with E-state index < -0.39 is 5.82 Å². The van der Waals surface area contributed by atoms with E-state index in [2.05, 4.69) is 15.5 Å². The fraction of sp³-hybridized carbons (Fsp3) is 0.125. The summed E-state index contributed by atoms with van der Waals surface area (Å²) in [6.45, 7) is 0. The number of hydrogen-bond acceptors (Lipinski definition) is 3. The van der Waals surface area contributed by atoms with Crippen molar-refractivity contribution in [2.75, 3.05) is 0 Å². The molecule has 0 aliphatic heterocycles. The summed E-state index contributed by atoms with van der Waals surface area (Å²) in [5, 5.41) is 11.1. The molecule has 0 radical (unpaired) electrons. The predicted molar refractivity (Wildman–Crippen MR) is 53.7 cm³/mol. The number of hydrogen-bond donors (Lipinski definition) is 0. The van der Waals surface area contributed by atoms with Gasteiger partial charge in [0.05, 0.1) is 16.6 Å². The largest absolute Gasteiger partial charge is 0.207 e. The van der Waals surface area contributed by atoms with Crippen LogP contribution in [-0.2, 0) is 5.88 Å². The maximum atomic E-state index is 12.8. The molecule has 0 amide bonds. The lowest BCUT2D eigenvalue weighted by molar-refractivity contribution is 0.626. The van der Waals surface area contributed by atoms with Crippen LogP contribution in [0.5, 0.6) is 0 Å². The third-order valence-corrected chi connectivity index (χ3v) is 2.33. The number of tetrazole rings is 1. The van der Waals surface area contributed by atoms with Gasteiger partial charge in [-0.2, -0.15) is 4.68 Å². The first-order valence-corrected chi connectivity index (χ1v) is 4.92. The normalized spacial score (nSPS) is 10.6. The van der Waals surface area contributed by atoms with Crippen molar-refractivity contribution < 1.29 is 4.39 Å². The summed E-state index contributed by atoms with van der Waals surface area (Å²) in [7, 11) is 0. The summed E-state index contributed by atoms with van der Waals surface area (Å²) in [5.41, 5.74) is 0.499. The number of benzene rings is 1. The number of halogens is 3. The van der Waals surface area contributed by atoms with Crippen LogP contribution in [0.2, 0.25) is 5.02 Å². The Kier molecular flexibility index (Phi) is 2.83. The molecule has 0 unspecified atom stereocenters. The molecule has 0 fully saturated rings. The summed E-state index contributed by atoms with van der Waals surface area (Å²) in [6.07, 6.45) is 0. The van der Waals surface area contributed by atoms with Gasteiger partial charge in [-0.1, -0.05) is 11.6 Å². The van der Waals surface area contributed by atoms with Crippen molar-refractivity contribution in [3.05, 3.63) is 34.9 Å². The minimum Gasteiger partial charge on any atom is -0.207 e. The third kappa shape index (κ3) is 1.93. The van der Waals surface area contributed by atoms with Gasteiger partial charge >= 0.3 is 0 Å². The molecular formula is C8H5Cl2FN4. The van der Waals surface area contributed by atoms with E-state index in [0.717, 1.165) is 0 Å². The average molecular weight is 247 g/mol. The van der Waals surface area contributed by atoms with Crippen LogP contribution in [0.3, 0.4) is 0 Å². The van der Waals surface area contributed by atoms with Crippen LogP contribution in [-0.4, -0.2) is 20.2 Å². The molecule has 7 heteroatoms. The van der Waals surface area contributed by atoms with Gasteiger partial charge in [0.15, 0.2) is 5.82 Å². The summed E-state index contributed by atoms with van der Waals surface area (Å²) in [4.78, 5) is 0. The number of aromatic nitrogens is 4. The van der Waals surface area contributed by atoms with Crippen molar-refractivity contribution >= 4 is 23.2 Å². The third-order valence-electron chi connectivity index (χ3n) is 1.79. The highest BCUT2D eigenvalue weighted by atomic mass is 35.5. The quantitative estimate of drug-likeness (QED) is 0.764. The molecule has 0 atom stereocenters. The second-order valence-corrected chi connectivity index (χ2v) is 3.41. The molecule has 4 nitrogen and oxygen atoms in total. The van der Waals surface area contributed by atoms with Gasteiger partial charge in [-0.05, 0) is 28.6 Å². The monoisotopic (exact) mass is 246 g/mol. The molecule has 2 rings (SSSR count). The van der Waals surface area contributed by atoms with E-state index in [9.17, 15) is 4.39 Å². The average Bonchev–Trinajstić information content (AvgIpc) is 2.65. The summed E-state index contributed by atoms with van der Waals surface area (Å²) >= 11 is 11.5. The molecule has 0 bridgehead atoms. The van der Waals surface area contributed by atoms with E-state index in [1.165, 1.54) is 22.9 Å². The molecule has 2 aromatic rings. The van der Waals surface area contributed by atoms with Gasteiger partial charge in [0, 0.05) is 0 Å². The van der Waals surface area contributed by atoms with E-state index in [1.54, 1.807) is 0 Å². The number of nitrogens with zero attached hydrogens (tertiary/aromatic N) is 4.